The van der Waals surface area contributed by atoms with Crippen LogP contribution in [0, 0.1) is 5.92 Å². The number of nitrogens with zero attached hydrogens (tertiary/aromatic N) is 2. The van der Waals surface area contributed by atoms with E-state index >= 15 is 0 Å². The third-order valence-corrected chi connectivity index (χ3v) is 8.72. The van der Waals surface area contributed by atoms with Gasteiger partial charge in [-0.25, -0.2) is 17.5 Å². The van der Waals surface area contributed by atoms with E-state index in [-0.39, 0.29) is 11.9 Å². The Bertz CT molecular complexity index is 995. The average Bonchev–Trinajstić information content (AvgIpc) is 2.91. The molecule has 31 heavy (non-hydrogen) atoms. The maximum absolute atomic E-state index is 13.2. The Hall–Kier alpha value is -2.58. The molecule has 0 unspecified atom stereocenters. The number of para-hydroxylation sites is 1. The first kappa shape index (κ1) is 21.6. The Balaban J connectivity index is 1.34. The highest BCUT2D eigenvalue weighted by molar-refractivity contribution is 7.90. The third kappa shape index (κ3) is 4.85. The van der Waals surface area contributed by atoms with Crippen molar-refractivity contribution in [2.75, 3.05) is 38.6 Å². The van der Waals surface area contributed by atoms with Crippen LogP contribution in [0.25, 0.3) is 0 Å². The van der Waals surface area contributed by atoms with Crippen LogP contribution in [0.15, 0.2) is 54.6 Å². The summed E-state index contributed by atoms with van der Waals surface area (Å²) in [6, 6.07) is 16.9. The van der Waals surface area contributed by atoms with Gasteiger partial charge in [-0.2, -0.15) is 0 Å². The van der Waals surface area contributed by atoms with Crippen molar-refractivity contribution in [1.29, 1.82) is 0 Å². The number of hydrogen-bond donors (Lipinski definition) is 1. The largest absolute Gasteiger partial charge is 0.497 e. The van der Waals surface area contributed by atoms with Gasteiger partial charge >= 0.3 is 6.03 Å². The van der Waals surface area contributed by atoms with E-state index in [1.807, 2.05) is 54.6 Å². The van der Waals surface area contributed by atoms with Gasteiger partial charge in [0.25, 0.3) is 0 Å². The molecule has 0 bridgehead atoms. The molecule has 0 aliphatic carbocycles. The fourth-order valence-corrected chi connectivity index (χ4v) is 6.73. The molecular weight excluding hydrogens is 414 g/mol. The number of ether oxygens (including phenoxy) is 1. The number of amides is 2. The maximum Gasteiger partial charge on any atom is 0.321 e. The lowest BCUT2D eigenvalue weighted by molar-refractivity contribution is 0.212. The fourth-order valence-electron chi connectivity index (χ4n) is 4.49. The molecule has 0 spiro atoms. The Morgan fingerprint density at radius 3 is 2.48 bits per heavy atom. The van der Waals surface area contributed by atoms with E-state index < -0.39 is 15.3 Å². The number of carbonyl (C=O) groups excluding carboxylic acids is 1. The number of hydrogen-bond acceptors (Lipinski definition) is 4. The molecule has 166 valence electrons. The number of rotatable bonds is 5. The maximum atomic E-state index is 13.2. The SMILES string of the molecule is COc1ccc(CCN2C[C@@H]3CCN(C(=O)Nc4ccccc4)CC[C@@H]3S2(=O)=O)cc1. The summed E-state index contributed by atoms with van der Waals surface area (Å²) in [6.07, 6.45) is 1.85. The Kier molecular flexibility index (Phi) is 6.48. The lowest BCUT2D eigenvalue weighted by Crippen LogP contribution is -2.37. The van der Waals surface area contributed by atoms with E-state index in [1.165, 1.54) is 0 Å². The summed E-state index contributed by atoms with van der Waals surface area (Å²) < 4.78 is 33.1. The summed E-state index contributed by atoms with van der Waals surface area (Å²) in [4.78, 5) is 14.4. The number of benzene rings is 2. The van der Waals surface area contributed by atoms with Crippen molar-refractivity contribution in [2.24, 2.45) is 5.92 Å². The first-order valence-electron chi connectivity index (χ1n) is 10.7. The number of carbonyl (C=O) groups is 1. The number of anilines is 1. The predicted molar refractivity (Wildman–Crippen MR) is 121 cm³/mol. The Morgan fingerprint density at radius 1 is 1.06 bits per heavy atom. The van der Waals surface area contributed by atoms with Gasteiger partial charge < -0.3 is 15.0 Å². The molecule has 0 radical (unpaired) electrons. The van der Waals surface area contributed by atoms with Crippen LogP contribution in [0.5, 0.6) is 5.75 Å². The van der Waals surface area contributed by atoms with Crippen LogP contribution < -0.4 is 10.1 Å². The van der Waals surface area contributed by atoms with Crippen LogP contribution in [-0.2, 0) is 16.4 Å². The summed E-state index contributed by atoms with van der Waals surface area (Å²) in [5.74, 6) is 0.857. The molecule has 1 N–H and O–H groups in total. The van der Waals surface area contributed by atoms with Crippen LogP contribution in [0.4, 0.5) is 10.5 Å². The van der Waals surface area contributed by atoms with Crippen molar-refractivity contribution >= 4 is 21.7 Å². The first-order valence-corrected chi connectivity index (χ1v) is 12.2. The van der Waals surface area contributed by atoms with E-state index in [0.29, 0.717) is 45.4 Å². The predicted octanol–water partition coefficient (Wildman–Crippen LogP) is 3.20. The van der Waals surface area contributed by atoms with Crippen molar-refractivity contribution < 1.29 is 17.9 Å². The molecular formula is C23H29N3O4S. The van der Waals surface area contributed by atoms with E-state index in [4.69, 9.17) is 4.74 Å². The highest BCUT2D eigenvalue weighted by atomic mass is 32.2. The summed E-state index contributed by atoms with van der Waals surface area (Å²) >= 11 is 0. The summed E-state index contributed by atoms with van der Waals surface area (Å²) in [7, 11) is -1.72. The Morgan fingerprint density at radius 2 is 1.77 bits per heavy atom. The molecule has 2 aliphatic rings. The van der Waals surface area contributed by atoms with Crippen molar-refractivity contribution in [3.05, 3.63) is 60.2 Å². The number of sulfonamides is 1. The number of fused-ring (bicyclic) bond motifs is 1. The van der Waals surface area contributed by atoms with Gasteiger partial charge in [-0.3, -0.25) is 0 Å². The van der Waals surface area contributed by atoms with Gasteiger partial charge in [0.15, 0.2) is 0 Å². The monoisotopic (exact) mass is 443 g/mol. The third-order valence-electron chi connectivity index (χ3n) is 6.28. The number of likely N-dealkylation sites (tertiary alicyclic amines) is 1. The normalized spacial score (nSPS) is 23.1. The van der Waals surface area contributed by atoms with Gasteiger partial charge in [-0.15, -0.1) is 0 Å². The second-order valence-corrected chi connectivity index (χ2v) is 10.3. The van der Waals surface area contributed by atoms with Crippen LogP contribution in [0.2, 0.25) is 0 Å². The summed E-state index contributed by atoms with van der Waals surface area (Å²) in [5, 5.41) is 2.49. The van der Waals surface area contributed by atoms with Gasteiger partial charge in [-0.1, -0.05) is 30.3 Å². The minimum atomic E-state index is -3.35. The number of methoxy groups -OCH3 is 1. The zero-order chi connectivity index (χ0) is 21.8. The fraction of sp³-hybridized carbons (Fsp3) is 0.435. The Labute approximate surface area is 184 Å². The van der Waals surface area contributed by atoms with Crippen molar-refractivity contribution in [2.45, 2.75) is 24.5 Å². The molecule has 2 saturated heterocycles. The zero-order valence-electron chi connectivity index (χ0n) is 17.7. The molecule has 0 saturated carbocycles. The van der Waals surface area contributed by atoms with Crippen molar-refractivity contribution in [1.82, 2.24) is 9.21 Å². The molecule has 2 aromatic carbocycles. The second-order valence-electron chi connectivity index (χ2n) is 8.16. The van der Waals surface area contributed by atoms with Gasteiger partial charge in [-0.05, 0) is 55.0 Å². The zero-order valence-corrected chi connectivity index (χ0v) is 18.6. The second kappa shape index (κ2) is 9.28. The molecule has 2 heterocycles. The van der Waals surface area contributed by atoms with Crippen molar-refractivity contribution in [3.63, 3.8) is 0 Å². The van der Waals surface area contributed by atoms with Gasteiger partial charge in [0.1, 0.15) is 5.75 Å². The van der Waals surface area contributed by atoms with E-state index in [1.54, 1.807) is 16.3 Å². The van der Waals surface area contributed by atoms with Crippen LogP contribution in [0.1, 0.15) is 18.4 Å². The summed E-state index contributed by atoms with van der Waals surface area (Å²) in [6.45, 7) is 2.05. The topological polar surface area (TPSA) is 79.0 Å². The highest BCUT2D eigenvalue weighted by Crippen LogP contribution is 2.34. The van der Waals surface area contributed by atoms with Crippen LogP contribution in [0.3, 0.4) is 0 Å². The van der Waals surface area contributed by atoms with Gasteiger partial charge in [0.05, 0.1) is 12.4 Å². The molecule has 2 fully saturated rings. The molecule has 0 aromatic heterocycles. The number of nitrogens with one attached hydrogen (secondary N) is 1. The number of urea groups is 1. The van der Waals surface area contributed by atoms with Gasteiger partial charge in [0, 0.05) is 31.9 Å². The molecule has 2 aromatic rings. The lowest BCUT2D eigenvalue weighted by atomic mass is 10.0. The molecule has 2 amide bonds. The van der Waals surface area contributed by atoms with Crippen LogP contribution in [-0.4, -0.2) is 62.2 Å². The van der Waals surface area contributed by atoms with Crippen molar-refractivity contribution in [3.8, 4) is 5.75 Å². The van der Waals surface area contributed by atoms with Crippen LogP contribution >= 0.6 is 0 Å². The molecule has 2 atom stereocenters. The minimum Gasteiger partial charge on any atom is -0.497 e. The summed E-state index contributed by atoms with van der Waals surface area (Å²) in [5.41, 5.74) is 1.83. The standard InChI is InChI=1S/C23H29N3O4S/c1-30-21-9-7-18(8-10-21)11-16-26-17-19-12-14-25(15-13-22(19)31(26,28)29)23(27)24-20-5-3-2-4-6-20/h2-10,19,22H,11-17H2,1H3,(H,24,27)/t19-,22-/m0/s1. The highest BCUT2D eigenvalue weighted by Gasteiger charge is 2.46. The lowest BCUT2D eigenvalue weighted by Gasteiger charge is -2.22. The first-order chi connectivity index (χ1) is 15.0. The average molecular weight is 444 g/mol. The van der Waals surface area contributed by atoms with E-state index in [9.17, 15) is 13.2 Å². The molecule has 4 rings (SSSR count). The smallest absolute Gasteiger partial charge is 0.321 e. The molecule has 7 nitrogen and oxygen atoms in total. The molecule has 8 heteroatoms. The quantitative estimate of drug-likeness (QED) is 0.770. The van der Waals surface area contributed by atoms with E-state index in [0.717, 1.165) is 17.0 Å². The van der Waals surface area contributed by atoms with E-state index in [2.05, 4.69) is 5.32 Å². The minimum absolute atomic E-state index is 0.0652. The van der Waals surface area contributed by atoms with Gasteiger partial charge in [0.2, 0.25) is 10.0 Å². The molecule has 2 aliphatic heterocycles.